The van der Waals surface area contributed by atoms with Gasteiger partial charge in [-0.05, 0) is 18.8 Å². The Hall–Kier alpha value is -1.85. The number of aromatic nitrogens is 2. The van der Waals surface area contributed by atoms with Gasteiger partial charge in [-0.1, -0.05) is 0 Å². The van der Waals surface area contributed by atoms with Gasteiger partial charge in [0.15, 0.2) is 0 Å². The molecule has 19 heavy (non-hydrogen) atoms. The summed E-state index contributed by atoms with van der Waals surface area (Å²) in [7, 11) is 3.40. The fraction of sp³-hybridized carbons (Fsp3) is 0.615. The van der Waals surface area contributed by atoms with E-state index in [2.05, 4.69) is 10.4 Å². The zero-order chi connectivity index (χ0) is 13.8. The van der Waals surface area contributed by atoms with Crippen LogP contribution in [-0.4, -0.2) is 41.2 Å². The van der Waals surface area contributed by atoms with Crippen LogP contribution in [0.15, 0.2) is 17.1 Å². The molecule has 0 spiro atoms. The highest BCUT2D eigenvalue weighted by atomic mass is 16.2. The van der Waals surface area contributed by atoms with Gasteiger partial charge in [0.1, 0.15) is 0 Å². The van der Waals surface area contributed by atoms with Crippen molar-refractivity contribution < 1.29 is 4.79 Å². The van der Waals surface area contributed by atoms with E-state index in [-0.39, 0.29) is 17.9 Å². The number of hydrogen-bond donors (Lipinski definition) is 1. The first kappa shape index (κ1) is 13.6. The van der Waals surface area contributed by atoms with Gasteiger partial charge >= 0.3 is 0 Å². The van der Waals surface area contributed by atoms with Crippen molar-refractivity contribution in [2.45, 2.75) is 25.8 Å². The number of carbonyl (C=O) groups is 1. The summed E-state index contributed by atoms with van der Waals surface area (Å²) in [4.78, 5) is 24.8. The molecule has 0 aliphatic heterocycles. The van der Waals surface area contributed by atoms with Gasteiger partial charge < -0.3 is 10.2 Å². The number of rotatable bonds is 6. The van der Waals surface area contributed by atoms with Gasteiger partial charge in [-0.25, -0.2) is 4.68 Å². The van der Waals surface area contributed by atoms with Crippen LogP contribution in [0.2, 0.25) is 0 Å². The maximum absolute atomic E-state index is 11.8. The molecule has 0 saturated heterocycles. The standard InChI is InChI=1S/C13H20N4O2/c1-16(2)12(18)5-6-17-13(19)7-11(9-15-17)14-8-10-3-4-10/h7,9-10,14H,3-6,8H2,1-2H3. The second kappa shape index (κ2) is 5.86. The quantitative estimate of drug-likeness (QED) is 0.814. The molecule has 0 atom stereocenters. The fourth-order valence-corrected chi connectivity index (χ4v) is 1.71. The average molecular weight is 264 g/mol. The first-order valence-electron chi connectivity index (χ1n) is 6.57. The van der Waals surface area contributed by atoms with Crippen molar-refractivity contribution >= 4 is 11.6 Å². The summed E-state index contributed by atoms with van der Waals surface area (Å²) in [6.07, 6.45) is 4.47. The SMILES string of the molecule is CN(C)C(=O)CCn1ncc(NCC2CC2)cc1=O. The van der Waals surface area contributed by atoms with E-state index in [4.69, 9.17) is 0 Å². The second-order valence-electron chi connectivity index (χ2n) is 5.17. The highest BCUT2D eigenvalue weighted by molar-refractivity contribution is 5.75. The van der Waals surface area contributed by atoms with E-state index < -0.39 is 0 Å². The minimum absolute atomic E-state index is 0.00960. The number of anilines is 1. The van der Waals surface area contributed by atoms with Crippen LogP contribution < -0.4 is 10.9 Å². The maximum atomic E-state index is 11.8. The van der Waals surface area contributed by atoms with Gasteiger partial charge in [-0.3, -0.25) is 9.59 Å². The number of nitrogens with zero attached hydrogens (tertiary/aromatic N) is 3. The lowest BCUT2D eigenvalue weighted by molar-refractivity contribution is -0.128. The third-order valence-electron chi connectivity index (χ3n) is 3.20. The van der Waals surface area contributed by atoms with Crippen molar-refractivity contribution in [1.29, 1.82) is 0 Å². The van der Waals surface area contributed by atoms with E-state index in [1.165, 1.54) is 28.5 Å². The Bertz CT molecular complexity index is 506. The Morgan fingerprint density at radius 2 is 2.26 bits per heavy atom. The van der Waals surface area contributed by atoms with E-state index in [1.807, 2.05) is 0 Å². The Kier molecular flexibility index (Phi) is 4.19. The lowest BCUT2D eigenvalue weighted by Crippen LogP contribution is -2.28. The highest BCUT2D eigenvalue weighted by Gasteiger charge is 2.20. The van der Waals surface area contributed by atoms with Crippen LogP contribution in [0.25, 0.3) is 0 Å². The van der Waals surface area contributed by atoms with Gasteiger partial charge in [-0.2, -0.15) is 5.10 Å². The molecule has 1 heterocycles. The van der Waals surface area contributed by atoms with Gasteiger partial charge in [0.2, 0.25) is 5.91 Å². The number of aryl methyl sites for hydroxylation is 1. The van der Waals surface area contributed by atoms with Crippen molar-refractivity contribution in [3.63, 3.8) is 0 Å². The molecule has 1 N–H and O–H groups in total. The number of nitrogens with one attached hydrogen (secondary N) is 1. The minimum Gasteiger partial charge on any atom is -0.383 e. The molecule has 2 rings (SSSR count). The van der Waals surface area contributed by atoms with Crippen molar-refractivity contribution in [2.24, 2.45) is 5.92 Å². The molecular weight excluding hydrogens is 244 g/mol. The van der Waals surface area contributed by atoms with Crippen LogP contribution in [0.3, 0.4) is 0 Å². The monoisotopic (exact) mass is 264 g/mol. The van der Waals surface area contributed by atoms with Gasteiger partial charge in [-0.15, -0.1) is 0 Å². The topological polar surface area (TPSA) is 67.2 Å². The molecule has 1 aliphatic carbocycles. The van der Waals surface area contributed by atoms with Crippen LogP contribution in [0.4, 0.5) is 5.69 Å². The molecule has 1 aliphatic rings. The predicted molar refractivity (Wildman–Crippen MR) is 73.0 cm³/mol. The summed E-state index contributed by atoms with van der Waals surface area (Å²) >= 11 is 0. The molecule has 6 heteroatoms. The molecule has 0 bridgehead atoms. The average Bonchev–Trinajstić information content (AvgIpc) is 3.18. The predicted octanol–water partition coefficient (Wildman–Crippen LogP) is 0.543. The van der Waals surface area contributed by atoms with Gasteiger partial charge in [0.25, 0.3) is 5.56 Å². The maximum Gasteiger partial charge on any atom is 0.268 e. The third-order valence-corrected chi connectivity index (χ3v) is 3.20. The number of carbonyl (C=O) groups excluding carboxylic acids is 1. The van der Waals surface area contributed by atoms with Crippen LogP contribution in [0.1, 0.15) is 19.3 Å². The zero-order valence-electron chi connectivity index (χ0n) is 11.4. The first-order chi connectivity index (χ1) is 9.06. The molecule has 1 amide bonds. The molecule has 0 radical (unpaired) electrons. The molecular formula is C13H20N4O2. The lowest BCUT2D eigenvalue weighted by atomic mass is 10.3. The van der Waals surface area contributed by atoms with Crippen molar-refractivity contribution in [2.75, 3.05) is 26.0 Å². The highest BCUT2D eigenvalue weighted by Crippen LogP contribution is 2.28. The lowest BCUT2D eigenvalue weighted by Gasteiger charge is -2.11. The summed E-state index contributed by atoms with van der Waals surface area (Å²) in [5.41, 5.74) is 0.583. The smallest absolute Gasteiger partial charge is 0.268 e. The molecule has 104 valence electrons. The molecule has 1 fully saturated rings. The molecule has 0 aromatic carbocycles. The van der Waals surface area contributed by atoms with Crippen molar-refractivity contribution in [3.8, 4) is 0 Å². The molecule has 0 unspecified atom stereocenters. The Labute approximate surface area is 112 Å². The third kappa shape index (κ3) is 4.08. The van der Waals surface area contributed by atoms with Crippen molar-refractivity contribution in [1.82, 2.24) is 14.7 Å². The normalized spacial score (nSPS) is 14.2. The summed E-state index contributed by atoms with van der Waals surface area (Å²) < 4.78 is 1.32. The Morgan fingerprint density at radius 1 is 1.53 bits per heavy atom. The van der Waals surface area contributed by atoms with E-state index in [9.17, 15) is 9.59 Å². The zero-order valence-corrected chi connectivity index (χ0v) is 11.4. The number of hydrogen-bond acceptors (Lipinski definition) is 4. The largest absolute Gasteiger partial charge is 0.383 e. The van der Waals surface area contributed by atoms with E-state index in [1.54, 1.807) is 20.3 Å². The summed E-state index contributed by atoms with van der Waals surface area (Å²) in [6, 6.07) is 1.54. The summed E-state index contributed by atoms with van der Waals surface area (Å²) in [6.45, 7) is 1.23. The second-order valence-corrected chi connectivity index (χ2v) is 5.17. The Morgan fingerprint density at radius 3 is 2.84 bits per heavy atom. The Balaban J connectivity index is 1.90. The van der Waals surface area contributed by atoms with Crippen LogP contribution >= 0.6 is 0 Å². The first-order valence-corrected chi connectivity index (χ1v) is 6.57. The molecule has 1 aromatic rings. The van der Waals surface area contributed by atoms with E-state index >= 15 is 0 Å². The minimum atomic E-state index is -0.174. The summed E-state index contributed by atoms with van der Waals surface area (Å²) in [5.74, 6) is 0.741. The van der Waals surface area contributed by atoms with Gasteiger partial charge in [0, 0.05) is 33.1 Å². The molecule has 1 saturated carbocycles. The van der Waals surface area contributed by atoms with Crippen molar-refractivity contribution in [3.05, 3.63) is 22.6 Å². The molecule has 6 nitrogen and oxygen atoms in total. The van der Waals surface area contributed by atoms with E-state index in [0.29, 0.717) is 6.54 Å². The van der Waals surface area contributed by atoms with Crippen LogP contribution in [0.5, 0.6) is 0 Å². The van der Waals surface area contributed by atoms with Crippen LogP contribution in [0, 0.1) is 5.92 Å². The summed E-state index contributed by atoms with van der Waals surface area (Å²) in [5, 5.41) is 7.29. The van der Waals surface area contributed by atoms with Gasteiger partial charge in [0.05, 0.1) is 18.4 Å². The van der Waals surface area contributed by atoms with E-state index in [0.717, 1.165) is 18.2 Å². The van der Waals surface area contributed by atoms with Crippen LogP contribution in [-0.2, 0) is 11.3 Å². The molecule has 1 aromatic heterocycles. The number of amides is 1. The fourth-order valence-electron chi connectivity index (χ4n) is 1.71.